The van der Waals surface area contributed by atoms with Gasteiger partial charge in [-0.25, -0.2) is 0 Å². The summed E-state index contributed by atoms with van der Waals surface area (Å²) >= 11 is 0. The Kier molecular flexibility index (Phi) is 9.20. The zero-order valence-corrected chi connectivity index (χ0v) is 35.1. The number of hydrogen-bond donors (Lipinski definition) is 0. The van der Waals surface area contributed by atoms with Crippen molar-refractivity contribution in [1.82, 2.24) is 4.57 Å². The molecule has 0 spiro atoms. The fourth-order valence-corrected chi connectivity index (χ4v) is 9.75. The lowest BCUT2D eigenvalue weighted by Gasteiger charge is -2.27. The van der Waals surface area contributed by atoms with Crippen LogP contribution < -0.4 is 4.90 Å². The van der Waals surface area contributed by atoms with Crippen LogP contribution in [0.5, 0.6) is 0 Å². The molecule has 0 bridgehead atoms. The van der Waals surface area contributed by atoms with Gasteiger partial charge < -0.3 is 9.47 Å². The highest BCUT2D eigenvalue weighted by molar-refractivity contribution is 6.23. The number of benzene rings is 11. The number of para-hydroxylation sites is 2. The summed E-state index contributed by atoms with van der Waals surface area (Å²) in [5.41, 5.74) is 16.4. The molecule has 1 aromatic heterocycles. The lowest BCUT2D eigenvalue weighted by molar-refractivity contribution is 1.18. The van der Waals surface area contributed by atoms with Gasteiger partial charge in [-0.1, -0.05) is 194 Å². The molecule has 0 unspecified atom stereocenters. The van der Waals surface area contributed by atoms with Crippen LogP contribution in [0.25, 0.3) is 93.5 Å². The minimum Gasteiger partial charge on any atom is -0.310 e. The van der Waals surface area contributed by atoms with E-state index in [1.54, 1.807) is 0 Å². The largest absolute Gasteiger partial charge is 0.310 e. The fourth-order valence-electron chi connectivity index (χ4n) is 9.75. The van der Waals surface area contributed by atoms with Crippen LogP contribution in [0.3, 0.4) is 0 Å². The minimum atomic E-state index is 1.09. The van der Waals surface area contributed by atoms with Crippen molar-refractivity contribution in [1.29, 1.82) is 0 Å². The number of anilines is 3. The number of nitrogens with zero attached hydrogens (tertiary/aromatic N) is 2. The van der Waals surface area contributed by atoms with Crippen molar-refractivity contribution in [3.05, 3.63) is 255 Å². The number of aromatic nitrogens is 1. The van der Waals surface area contributed by atoms with Gasteiger partial charge in [-0.05, 0) is 127 Å². The molecule has 0 aliphatic rings. The first-order chi connectivity index (χ1) is 31.7. The number of rotatable bonds is 8. The van der Waals surface area contributed by atoms with Gasteiger partial charge in [0.25, 0.3) is 0 Å². The molecule has 11 aromatic carbocycles. The van der Waals surface area contributed by atoms with E-state index in [9.17, 15) is 0 Å². The molecular weight excluding hydrogens is 773 g/mol. The van der Waals surface area contributed by atoms with Crippen LogP contribution in [0.15, 0.2) is 255 Å². The van der Waals surface area contributed by atoms with E-state index < -0.39 is 0 Å². The summed E-state index contributed by atoms with van der Waals surface area (Å²) in [6, 6.07) is 92.6. The van der Waals surface area contributed by atoms with E-state index in [-0.39, 0.29) is 0 Å². The van der Waals surface area contributed by atoms with E-state index in [4.69, 9.17) is 0 Å². The van der Waals surface area contributed by atoms with E-state index in [1.807, 2.05) is 0 Å². The van der Waals surface area contributed by atoms with Crippen LogP contribution in [0.4, 0.5) is 17.1 Å². The molecular formula is C62H42N2. The Labute approximate surface area is 373 Å². The molecule has 64 heavy (non-hydrogen) atoms. The Morgan fingerprint density at radius 2 is 0.781 bits per heavy atom. The molecule has 0 aliphatic heterocycles. The number of hydrogen-bond acceptors (Lipinski definition) is 1. The Balaban J connectivity index is 0.991. The molecule has 0 aliphatic carbocycles. The molecule has 0 saturated heterocycles. The summed E-state index contributed by atoms with van der Waals surface area (Å²) < 4.78 is 2.42. The van der Waals surface area contributed by atoms with Crippen LogP contribution in [0.2, 0.25) is 0 Å². The Morgan fingerprint density at radius 1 is 0.281 bits per heavy atom. The molecule has 0 saturated carbocycles. The van der Waals surface area contributed by atoms with Crippen LogP contribution >= 0.6 is 0 Å². The molecule has 0 N–H and O–H groups in total. The zero-order chi connectivity index (χ0) is 42.4. The molecule has 1 heterocycles. The van der Waals surface area contributed by atoms with Crippen molar-refractivity contribution in [2.45, 2.75) is 0 Å². The standard InChI is InChI=1S/C62H42N2/c1-3-15-43(16-4-1)45-33-37-52(38-34-45)63(53-39-35-46(36-40-53)44-29-31-48(32-30-44)56-27-14-19-47-17-7-9-24-55(47)56)54-23-13-20-50(41-54)61-57-25-10-8-18-49(57)42-60-62(61)58-26-11-12-28-59(58)64(60)51-21-5-2-6-22-51/h1-42H. The zero-order valence-electron chi connectivity index (χ0n) is 35.1. The van der Waals surface area contributed by atoms with Gasteiger partial charge in [-0.15, -0.1) is 0 Å². The average molecular weight is 815 g/mol. The van der Waals surface area contributed by atoms with Crippen molar-refractivity contribution >= 4 is 60.4 Å². The van der Waals surface area contributed by atoms with Crippen LogP contribution in [0.1, 0.15) is 0 Å². The second-order valence-electron chi connectivity index (χ2n) is 16.5. The molecule has 0 radical (unpaired) electrons. The molecule has 300 valence electrons. The van der Waals surface area contributed by atoms with E-state index in [1.165, 1.54) is 87.9 Å². The van der Waals surface area contributed by atoms with Crippen LogP contribution in [0, 0.1) is 0 Å². The number of fused-ring (bicyclic) bond motifs is 5. The van der Waals surface area contributed by atoms with Gasteiger partial charge in [0.05, 0.1) is 11.0 Å². The quantitative estimate of drug-likeness (QED) is 0.148. The smallest absolute Gasteiger partial charge is 0.0553 e. The average Bonchev–Trinajstić information content (AvgIpc) is 3.70. The highest BCUT2D eigenvalue weighted by atomic mass is 15.1. The van der Waals surface area contributed by atoms with Crippen molar-refractivity contribution < 1.29 is 0 Å². The molecule has 2 nitrogen and oxygen atoms in total. The summed E-state index contributed by atoms with van der Waals surface area (Å²) in [6.45, 7) is 0. The van der Waals surface area contributed by atoms with Gasteiger partial charge in [-0.3, -0.25) is 0 Å². The summed E-state index contributed by atoms with van der Waals surface area (Å²) in [7, 11) is 0. The summed E-state index contributed by atoms with van der Waals surface area (Å²) in [5.74, 6) is 0. The molecule has 12 aromatic rings. The van der Waals surface area contributed by atoms with Gasteiger partial charge in [0.2, 0.25) is 0 Å². The predicted molar refractivity (Wildman–Crippen MR) is 272 cm³/mol. The molecule has 0 amide bonds. The SMILES string of the molecule is c1ccc(-c2ccc(N(c3ccc(-c4ccc(-c5cccc6ccccc56)cc4)cc3)c3cccc(-c4c5ccccc5cc5c4c4ccccc4n5-c4ccccc4)c3)cc2)cc1. The monoisotopic (exact) mass is 814 g/mol. The lowest BCUT2D eigenvalue weighted by Crippen LogP contribution is -2.10. The van der Waals surface area contributed by atoms with E-state index in [2.05, 4.69) is 264 Å². The van der Waals surface area contributed by atoms with Crippen molar-refractivity contribution in [3.63, 3.8) is 0 Å². The lowest BCUT2D eigenvalue weighted by atomic mass is 9.92. The van der Waals surface area contributed by atoms with Crippen molar-refractivity contribution in [2.75, 3.05) is 4.90 Å². The molecule has 0 fully saturated rings. The Bertz CT molecular complexity index is 3620. The maximum atomic E-state index is 2.42. The maximum Gasteiger partial charge on any atom is 0.0553 e. The fraction of sp³-hybridized carbons (Fsp3) is 0. The minimum absolute atomic E-state index is 1.09. The van der Waals surface area contributed by atoms with Gasteiger partial charge in [0.15, 0.2) is 0 Å². The van der Waals surface area contributed by atoms with Crippen LogP contribution in [-0.2, 0) is 0 Å². The Hall–Kier alpha value is -8.46. The van der Waals surface area contributed by atoms with E-state index in [0.29, 0.717) is 0 Å². The third kappa shape index (κ3) is 6.52. The normalized spacial score (nSPS) is 11.4. The molecule has 0 atom stereocenters. The highest BCUT2D eigenvalue weighted by Crippen LogP contribution is 2.45. The first kappa shape index (κ1) is 37.3. The molecule has 2 heteroatoms. The maximum absolute atomic E-state index is 2.42. The van der Waals surface area contributed by atoms with Crippen LogP contribution in [-0.4, -0.2) is 4.57 Å². The van der Waals surface area contributed by atoms with Gasteiger partial charge in [-0.2, -0.15) is 0 Å². The van der Waals surface area contributed by atoms with E-state index >= 15 is 0 Å². The second kappa shape index (κ2) is 15.8. The van der Waals surface area contributed by atoms with E-state index in [0.717, 1.165) is 22.7 Å². The first-order valence-corrected chi connectivity index (χ1v) is 22.0. The summed E-state index contributed by atoms with van der Waals surface area (Å²) in [5, 5.41) is 7.46. The Morgan fingerprint density at radius 3 is 1.48 bits per heavy atom. The van der Waals surface area contributed by atoms with Gasteiger partial charge >= 0.3 is 0 Å². The summed E-state index contributed by atoms with van der Waals surface area (Å²) in [6.07, 6.45) is 0. The van der Waals surface area contributed by atoms with Gasteiger partial charge in [0, 0.05) is 33.5 Å². The second-order valence-corrected chi connectivity index (χ2v) is 16.5. The third-order valence-corrected chi connectivity index (χ3v) is 12.8. The van der Waals surface area contributed by atoms with Gasteiger partial charge in [0.1, 0.15) is 0 Å². The predicted octanol–water partition coefficient (Wildman–Crippen LogP) is 17.2. The highest BCUT2D eigenvalue weighted by Gasteiger charge is 2.21. The topological polar surface area (TPSA) is 8.17 Å². The first-order valence-electron chi connectivity index (χ1n) is 22.0. The summed E-state index contributed by atoms with van der Waals surface area (Å²) in [4.78, 5) is 2.39. The third-order valence-electron chi connectivity index (χ3n) is 12.8. The molecule has 12 rings (SSSR count). The van der Waals surface area contributed by atoms with Crippen molar-refractivity contribution in [2.24, 2.45) is 0 Å². The van der Waals surface area contributed by atoms with Crippen molar-refractivity contribution in [3.8, 4) is 50.2 Å².